The van der Waals surface area contributed by atoms with Gasteiger partial charge >= 0.3 is 0 Å². The lowest BCUT2D eigenvalue weighted by molar-refractivity contribution is -0.108. The van der Waals surface area contributed by atoms with Crippen LogP contribution >= 0.6 is 11.6 Å². The Hall–Kier alpha value is -1.28. The van der Waals surface area contributed by atoms with E-state index in [1.54, 1.807) is 6.20 Å². The summed E-state index contributed by atoms with van der Waals surface area (Å²) in [5.41, 5.74) is 2.76. The molecular formula is C10H8ClNO. The van der Waals surface area contributed by atoms with E-state index in [-0.39, 0.29) is 5.24 Å². The van der Waals surface area contributed by atoms with Gasteiger partial charge in [-0.05, 0) is 23.2 Å². The predicted molar refractivity (Wildman–Crippen MR) is 52.7 cm³/mol. The van der Waals surface area contributed by atoms with Gasteiger partial charge in [0.1, 0.15) is 0 Å². The van der Waals surface area contributed by atoms with Crippen molar-refractivity contribution in [1.82, 2.24) is 0 Å². The van der Waals surface area contributed by atoms with Crippen molar-refractivity contribution in [2.24, 2.45) is 0 Å². The first-order valence-electron chi connectivity index (χ1n) is 4.00. The summed E-state index contributed by atoms with van der Waals surface area (Å²) in [6.45, 7) is 0. The van der Waals surface area contributed by atoms with Gasteiger partial charge in [-0.15, -0.1) is 0 Å². The van der Waals surface area contributed by atoms with E-state index in [9.17, 15) is 4.79 Å². The molecule has 1 aliphatic heterocycles. The maximum Gasteiger partial charge on any atom is 0.250 e. The van der Waals surface area contributed by atoms with Crippen LogP contribution in [0.15, 0.2) is 36.0 Å². The first kappa shape index (κ1) is 8.32. The third kappa shape index (κ3) is 1.58. The average molecular weight is 194 g/mol. The van der Waals surface area contributed by atoms with Gasteiger partial charge in [0.05, 0.1) is 0 Å². The molecule has 0 atom stereocenters. The van der Waals surface area contributed by atoms with Crippen LogP contribution in [0.5, 0.6) is 0 Å². The van der Waals surface area contributed by atoms with Crippen LogP contribution in [0, 0.1) is 0 Å². The summed E-state index contributed by atoms with van der Waals surface area (Å²) in [6.07, 6.45) is 2.28. The fourth-order valence-corrected chi connectivity index (χ4v) is 1.48. The summed E-state index contributed by atoms with van der Waals surface area (Å²) in [7, 11) is 0. The zero-order valence-corrected chi connectivity index (χ0v) is 7.64. The van der Waals surface area contributed by atoms with Crippen LogP contribution < -0.4 is 5.32 Å². The Labute approximate surface area is 81.2 Å². The van der Waals surface area contributed by atoms with Gasteiger partial charge in [0.15, 0.2) is 0 Å². The Balaban J connectivity index is 2.33. The van der Waals surface area contributed by atoms with Gasteiger partial charge < -0.3 is 5.32 Å². The van der Waals surface area contributed by atoms with E-state index in [4.69, 9.17) is 11.6 Å². The average Bonchev–Trinajstić information content (AvgIpc) is 2.17. The van der Waals surface area contributed by atoms with Gasteiger partial charge in [0, 0.05) is 23.9 Å². The van der Waals surface area contributed by atoms with Crippen LogP contribution in [0.2, 0.25) is 0 Å². The lowest BCUT2D eigenvalue weighted by Crippen LogP contribution is -2.09. The Morgan fingerprint density at radius 3 is 2.92 bits per heavy atom. The highest BCUT2D eigenvalue weighted by Gasteiger charge is 2.13. The molecule has 0 spiro atoms. The summed E-state index contributed by atoms with van der Waals surface area (Å²) >= 11 is 5.38. The second kappa shape index (κ2) is 3.23. The van der Waals surface area contributed by atoms with E-state index in [1.807, 2.05) is 24.3 Å². The summed E-state index contributed by atoms with van der Waals surface area (Å²) in [6, 6.07) is 7.85. The van der Waals surface area contributed by atoms with E-state index in [0.29, 0.717) is 12.0 Å². The number of hydrogen-bond acceptors (Lipinski definition) is 2. The number of fused-ring (bicyclic) bond motifs is 1. The van der Waals surface area contributed by atoms with E-state index in [1.165, 1.54) is 0 Å². The standard InChI is InChI=1S/C10H8ClNO/c11-10(13)8-5-7-3-1-2-4-9(7)12-6-8/h1-4,6,12H,5H2. The monoisotopic (exact) mass is 193 g/mol. The number of hydrogen-bond donors (Lipinski definition) is 1. The molecule has 0 saturated heterocycles. The van der Waals surface area contributed by atoms with Crippen LogP contribution in [0.3, 0.4) is 0 Å². The maximum atomic E-state index is 10.9. The molecule has 1 aliphatic rings. The number of carbonyl (C=O) groups excluding carboxylic acids is 1. The smallest absolute Gasteiger partial charge is 0.250 e. The molecule has 0 amide bonds. The van der Waals surface area contributed by atoms with E-state index >= 15 is 0 Å². The topological polar surface area (TPSA) is 29.1 Å². The van der Waals surface area contributed by atoms with Crippen molar-refractivity contribution in [3.05, 3.63) is 41.6 Å². The minimum Gasteiger partial charge on any atom is -0.361 e. The molecule has 0 bridgehead atoms. The first-order valence-corrected chi connectivity index (χ1v) is 4.38. The van der Waals surface area contributed by atoms with Crippen molar-refractivity contribution in [3.63, 3.8) is 0 Å². The molecule has 3 heteroatoms. The van der Waals surface area contributed by atoms with E-state index in [0.717, 1.165) is 11.3 Å². The number of nitrogens with one attached hydrogen (secondary N) is 1. The summed E-state index contributed by atoms with van der Waals surface area (Å²) in [5, 5.41) is 2.64. The van der Waals surface area contributed by atoms with Crippen LogP contribution in [0.25, 0.3) is 0 Å². The second-order valence-electron chi connectivity index (χ2n) is 2.92. The van der Waals surface area contributed by atoms with Gasteiger partial charge in [-0.25, -0.2) is 0 Å². The van der Waals surface area contributed by atoms with Gasteiger partial charge in [-0.3, -0.25) is 4.79 Å². The Bertz CT molecular complexity index is 384. The molecule has 2 nitrogen and oxygen atoms in total. The second-order valence-corrected chi connectivity index (χ2v) is 3.26. The molecule has 1 aromatic rings. The quantitative estimate of drug-likeness (QED) is 0.694. The largest absolute Gasteiger partial charge is 0.361 e. The van der Waals surface area contributed by atoms with Crippen LogP contribution in [-0.4, -0.2) is 5.24 Å². The minimum absolute atomic E-state index is 0.387. The molecule has 0 aliphatic carbocycles. The fourth-order valence-electron chi connectivity index (χ4n) is 1.36. The van der Waals surface area contributed by atoms with E-state index in [2.05, 4.69) is 5.32 Å². The molecular weight excluding hydrogens is 186 g/mol. The molecule has 1 heterocycles. The van der Waals surface area contributed by atoms with E-state index < -0.39 is 0 Å². The van der Waals surface area contributed by atoms with Crippen LogP contribution in [0.1, 0.15) is 5.56 Å². The molecule has 0 unspecified atom stereocenters. The number of anilines is 1. The molecule has 0 saturated carbocycles. The van der Waals surface area contributed by atoms with Gasteiger partial charge in [0.2, 0.25) is 5.24 Å². The Kier molecular flexibility index (Phi) is 2.07. The molecule has 0 fully saturated rings. The normalized spacial score (nSPS) is 14.1. The van der Waals surface area contributed by atoms with Crippen LogP contribution in [-0.2, 0) is 11.2 Å². The molecule has 13 heavy (non-hydrogen) atoms. The van der Waals surface area contributed by atoms with Crippen molar-refractivity contribution in [2.45, 2.75) is 6.42 Å². The number of para-hydroxylation sites is 1. The van der Waals surface area contributed by atoms with Crippen molar-refractivity contribution in [2.75, 3.05) is 5.32 Å². The van der Waals surface area contributed by atoms with Crippen molar-refractivity contribution in [1.29, 1.82) is 0 Å². The predicted octanol–water partition coefficient (Wildman–Crippen LogP) is 2.30. The Morgan fingerprint density at radius 1 is 1.38 bits per heavy atom. The highest BCUT2D eigenvalue weighted by Crippen LogP contribution is 2.24. The molecule has 1 aromatic carbocycles. The molecule has 2 rings (SSSR count). The summed E-state index contributed by atoms with van der Waals surface area (Å²) in [5.74, 6) is 0. The molecule has 1 N–H and O–H groups in total. The minimum atomic E-state index is -0.387. The third-order valence-electron chi connectivity index (χ3n) is 2.05. The SMILES string of the molecule is O=C(Cl)C1=CNc2ccccc2C1. The number of halogens is 1. The van der Waals surface area contributed by atoms with Gasteiger partial charge in [-0.2, -0.15) is 0 Å². The zero-order valence-electron chi connectivity index (χ0n) is 6.88. The van der Waals surface area contributed by atoms with Crippen molar-refractivity contribution in [3.8, 4) is 0 Å². The molecule has 0 aromatic heterocycles. The first-order chi connectivity index (χ1) is 6.27. The lowest BCUT2D eigenvalue weighted by atomic mass is 10.0. The van der Waals surface area contributed by atoms with Crippen LogP contribution in [0.4, 0.5) is 5.69 Å². The number of allylic oxidation sites excluding steroid dienone is 1. The zero-order chi connectivity index (χ0) is 9.26. The molecule has 66 valence electrons. The Morgan fingerprint density at radius 2 is 2.15 bits per heavy atom. The number of benzene rings is 1. The summed E-state index contributed by atoms with van der Waals surface area (Å²) in [4.78, 5) is 10.9. The highest BCUT2D eigenvalue weighted by molar-refractivity contribution is 6.67. The van der Waals surface area contributed by atoms with Gasteiger partial charge in [-0.1, -0.05) is 18.2 Å². The fraction of sp³-hybridized carbons (Fsp3) is 0.100. The highest BCUT2D eigenvalue weighted by atomic mass is 35.5. The summed E-state index contributed by atoms with van der Waals surface area (Å²) < 4.78 is 0. The van der Waals surface area contributed by atoms with Crippen molar-refractivity contribution < 1.29 is 4.79 Å². The maximum absolute atomic E-state index is 10.9. The number of rotatable bonds is 1. The van der Waals surface area contributed by atoms with Gasteiger partial charge in [0.25, 0.3) is 0 Å². The third-order valence-corrected chi connectivity index (χ3v) is 2.30. The lowest BCUT2D eigenvalue weighted by Gasteiger charge is -2.15. The number of carbonyl (C=O) groups is 1. The van der Waals surface area contributed by atoms with Crippen molar-refractivity contribution >= 4 is 22.5 Å². The molecule has 0 radical (unpaired) electrons.